The van der Waals surface area contributed by atoms with Crippen molar-refractivity contribution in [1.29, 1.82) is 0 Å². The van der Waals surface area contributed by atoms with Gasteiger partial charge in [-0.2, -0.15) is 5.10 Å². The molecular weight excluding hydrogens is 350 g/mol. The first-order valence-electron chi connectivity index (χ1n) is 9.03. The van der Waals surface area contributed by atoms with Crippen molar-refractivity contribution in [2.75, 3.05) is 31.5 Å². The maximum atomic E-state index is 12.6. The maximum absolute atomic E-state index is 12.6. The first kappa shape index (κ1) is 17.3. The lowest BCUT2D eigenvalue weighted by Crippen LogP contribution is -2.51. The second kappa shape index (κ2) is 6.90. The van der Waals surface area contributed by atoms with E-state index in [1.54, 1.807) is 34.0 Å². The van der Waals surface area contributed by atoms with E-state index >= 15 is 0 Å². The molecule has 1 aromatic heterocycles. The average molecular weight is 371 g/mol. The van der Waals surface area contributed by atoms with Crippen LogP contribution in [0.5, 0.6) is 0 Å². The molecule has 2 aromatic rings. The van der Waals surface area contributed by atoms with Gasteiger partial charge in [0.2, 0.25) is 11.8 Å². The second-order valence-corrected chi connectivity index (χ2v) is 7.01. The van der Waals surface area contributed by atoms with Crippen molar-refractivity contribution in [2.24, 2.45) is 5.92 Å². The van der Waals surface area contributed by atoms with Crippen LogP contribution in [0.25, 0.3) is 10.9 Å². The van der Waals surface area contributed by atoms with Crippen LogP contribution in [-0.4, -0.2) is 68.8 Å². The van der Waals surface area contributed by atoms with Gasteiger partial charge in [0, 0.05) is 49.4 Å². The standard InChI is InChI=1S/C18H21N5O4/c24-16(21-5-7-22(8-6-21)17(25)12-1-2-12)11-23-10-13-9-14(19-18(26)27)3-4-15(13)20-23/h3-4,9-10,12,19H,1-2,5-8,11H2,(H,26,27). The lowest BCUT2D eigenvalue weighted by atomic mass is 10.2. The summed E-state index contributed by atoms with van der Waals surface area (Å²) < 4.78 is 1.57. The molecule has 142 valence electrons. The van der Waals surface area contributed by atoms with Crippen LogP contribution in [0.4, 0.5) is 10.5 Å². The second-order valence-electron chi connectivity index (χ2n) is 7.01. The molecule has 9 nitrogen and oxygen atoms in total. The lowest BCUT2D eigenvalue weighted by Gasteiger charge is -2.34. The van der Waals surface area contributed by atoms with Crippen LogP contribution in [0.3, 0.4) is 0 Å². The van der Waals surface area contributed by atoms with E-state index in [1.807, 2.05) is 4.90 Å². The molecule has 1 saturated heterocycles. The van der Waals surface area contributed by atoms with Gasteiger partial charge in [-0.25, -0.2) is 4.79 Å². The number of fused-ring (bicyclic) bond motifs is 1. The molecule has 0 spiro atoms. The predicted molar refractivity (Wildman–Crippen MR) is 97.3 cm³/mol. The van der Waals surface area contributed by atoms with Gasteiger partial charge in [0.1, 0.15) is 6.54 Å². The highest BCUT2D eigenvalue weighted by atomic mass is 16.4. The van der Waals surface area contributed by atoms with Gasteiger partial charge in [0.15, 0.2) is 0 Å². The number of benzene rings is 1. The van der Waals surface area contributed by atoms with Crippen molar-refractivity contribution in [3.63, 3.8) is 0 Å². The van der Waals surface area contributed by atoms with Gasteiger partial charge in [-0.3, -0.25) is 19.6 Å². The summed E-state index contributed by atoms with van der Waals surface area (Å²) in [6.45, 7) is 2.39. The number of carboxylic acid groups (broad SMARTS) is 1. The quantitative estimate of drug-likeness (QED) is 0.840. The summed E-state index contributed by atoms with van der Waals surface area (Å²) in [5.74, 6) is 0.403. The molecule has 27 heavy (non-hydrogen) atoms. The Hall–Kier alpha value is -3.10. The van der Waals surface area contributed by atoms with E-state index < -0.39 is 6.09 Å². The number of anilines is 1. The van der Waals surface area contributed by atoms with Crippen LogP contribution in [0.1, 0.15) is 12.8 Å². The molecule has 1 aliphatic carbocycles. The number of piperazine rings is 1. The summed E-state index contributed by atoms with van der Waals surface area (Å²) in [6.07, 6.45) is 2.59. The van der Waals surface area contributed by atoms with Crippen molar-refractivity contribution in [2.45, 2.75) is 19.4 Å². The topological polar surface area (TPSA) is 108 Å². The summed E-state index contributed by atoms with van der Waals surface area (Å²) >= 11 is 0. The highest BCUT2D eigenvalue weighted by Crippen LogP contribution is 2.31. The Kier molecular flexibility index (Phi) is 4.43. The summed E-state index contributed by atoms with van der Waals surface area (Å²) in [5.41, 5.74) is 1.15. The number of carbonyl (C=O) groups is 3. The molecular formula is C18H21N5O4. The van der Waals surface area contributed by atoms with Crippen LogP contribution in [-0.2, 0) is 16.1 Å². The molecule has 2 fully saturated rings. The summed E-state index contributed by atoms with van der Waals surface area (Å²) in [5, 5.41) is 16.2. The number of amides is 3. The van der Waals surface area contributed by atoms with Crippen molar-refractivity contribution in [1.82, 2.24) is 19.6 Å². The molecule has 0 radical (unpaired) electrons. The van der Waals surface area contributed by atoms with Crippen LogP contribution in [0.15, 0.2) is 24.4 Å². The van der Waals surface area contributed by atoms with Gasteiger partial charge < -0.3 is 14.9 Å². The average Bonchev–Trinajstić information content (AvgIpc) is 3.41. The molecule has 2 heterocycles. The van der Waals surface area contributed by atoms with Gasteiger partial charge in [-0.1, -0.05) is 0 Å². The first-order chi connectivity index (χ1) is 13.0. The first-order valence-corrected chi connectivity index (χ1v) is 9.03. The maximum Gasteiger partial charge on any atom is 0.409 e. The molecule has 3 amide bonds. The number of nitrogens with zero attached hydrogens (tertiary/aromatic N) is 4. The smallest absolute Gasteiger partial charge is 0.409 e. The van der Waals surface area contributed by atoms with Crippen LogP contribution < -0.4 is 5.32 Å². The zero-order valence-corrected chi connectivity index (χ0v) is 14.8. The minimum absolute atomic E-state index is 0.0368. The van der Waals surface area contributed by atoms with Crippen molar-refractivity contribution in [3.05, 3.63) is 24.4 Å². The minimum Gasteiger partial charge on any atom is -0.465 e. The Bertz CT molecular complexity index is 896. The molecule has 0 unspecified atom stereocenters. The SMILES string of the molecule is O=C(O)Nc1ccc2nn(CC(=O)N3CCN(C(=O)C4CC4)CC3)cc2c1. The third-order valence-corrected chi connectivity index (χ3v) is 4.97. The normalized spacial score (nSPS) is 17.2. The Balaban J connectivity index is 1.36. The molecule has 0 atom stereocenters. The number of hydrogen-bond acceptors (Lipinski definition) is 4. The van der Waals surface area contributed by atoms with Crippen molar-refractivity contribution in [3.8, 4) is 0 Å². The lowest BCUT2D eigenvalue weighted by molar-refractivity contribution is -0.140. The van der Waals surface area contributed by atoms with E-state index in [9.17, 15) is 14.4 Å². The fourth-order valence-electron chi connectivity index (χ4n) is 3.36. The third kappa shape index (κ3) is 3.86. The van der Waals surface area contributed by atoms with Crippen molar-refractivity contribution >= 4 is 34.5 Å². The zero-order chi connectivity index (χ0) is 19.0. The fraction of sp³-hybridized carbons (Fsp3) is 0.444. The fourth-order valence-corrected chi connectivity index (χ4v) is 3.36. The number of aromatic nitrogens is 2. The number of rotatable bonds is 4. The molecule has 1 aliphatic heterocycles. The van der Waals surface area contributed by atoms with E-state index in [0.29, 0.717) is 37.4 Å². The van der Waals surface area contributed by atoms with E-state index in [2.05, 4.69) is 10.4 Å². The van der Waals surface area contributed by atoms with Crippen LogP contribution in [0, 0.1) is 5.92 Å². The van der Waals surface area contributed by atoms with E-state index in [-0.39, 0.29) is 24.3 Å². The molecule has 1 aromatic carbocycles. The van der Waals surface area contributed by atoms with Gasteiger partial charge >= 0.3 is 6.09 Å². The van der Waals surface area contributed by atoms with Crippen LogP contribution in [0.2, 0.25) is 0 Å². The van der Waals surface area contributed by atoms with E-state index in [0.717, 1.165) is 18.2 Å². The highest BCUT2D eigenvalue weighted by Gasteiger charge is 2.35. The predicted octanol–water partition coefficient (Wildman–Crippen LogP) is 1.21. The molecule has 0 bridgehead atoms. The molecule has 1 saturated carbocycles. The largest absolute Gasteiger partial charge is 0.465 e. The van der Waals surface area contributed by atoms with E-state index in [1.165, 1.54) is 0 Å². The molecule has 9 heteroatoms. The van der Waals surface area contributed by atoms with E-state index in [4.69, 9.17) is 5.11 Å². The Morgan fingerprint density at radius 2 is 1.81 bits per heavy atom. The Morgan fingerprint density at radius 3 is 2.48 bits per heavy atom. The van der Waals surface area contributed by atoms with Gasteiger partial charge in [-0.15, -0.1) is 0 Å². The van der Waals surface area contributed by atoms with Gasteiger partial charge in [-0.05, 0) is 31.0 Å². The number of carbonyl (C=O) groups excluding carboxylic acids is 2. The highest BCUT2D eigenvalue weighted by molar-refractivity contribution is 5.89. The van der Waals surface area contributed by atoms with Gasteiger partial charge in [0.05, 0.1) is 5.52 Å². The zero-order valence-electron chi connectivity index (χ0n) is 14.8. The molecule has 4 rings (SSSR count). The number of hydrogen-bond donors (Lipinski definition) is 2. The Labute approximate surface area is 155 Å². The summed E-state index contributed by atoms with van der Waals surface area (Å²) in [7, 11) is 0. The number of nitrogens with one attached hydrogen (secondary N) is 1. The Morgan fingerprint density at radius 1 is 1.11 bits per heavy atom. The summed E-state index contributed by atoms with van der Waals surface area (Å²) in [4.78, 5) is 39.0. The van der Waals surface area contributed by atoms with Crippen molar-refractivity contribution < 1.29 is 19.5 Å². The summed E-state index contributed by atoms with van der Waals surface area (Å²) in [6, 6.07) is 5.02. The minimum atomic E-state index is -1.13. The van der Waals surface area contributed by atoms with Crippen LogP contribution >= 0.6 is 0 Å². The monoisotopic (exact) mass is 371 g/mol. The van der Waals surface area contributed by atoms with Gasteiger partial charge in [0.25, 0.3) is 0 Å². The molecule has 2 aliphatic rings. The third-order valence-electron chi connectivity index (χ3n) is 4.97. The molecule has 2 N–H and O–H groups in total.